The van der Waals surface area contributed by atoms with Gasteiger partial charge in [-0.1, -0.05) is 12.2 Å². The van der Waals surface area contributed by atoms with Gasteiger partial charge in [0.05, 0.1) is 5.92 Å². The molecule has 1 amide bonds. The van der Waals surface area contributed by atoms with Crippen molar-refractivity contribution in [3.05, 3.63) is 25.3 Å². The van der Waals surface area contributed by atoms with Gasteiger partial charge in [0, 0.05) is 0 Å². The summed E-state index contributed by atoms with van der Waals surface area (Å²) in [6.45, 7) is 9.92. The predicted octanol–water partition coefficient (Wildman–Crippen LogP) is 1.20. The van der Waals surface area contributed by atoms with Crippen LogP contribution in [0.4, 0.5) is 0 Å². The van der Waals surface area contributed by atoms with Crippen molar-refractivity contribution in [3.8, 4) is 0 Å². The van der Waals surface area contributed by atoms with Crippen LogP contribution in [-0.2, 0) is 4.79 Å². The number of rotatable bonds is 3. The monoisotopic (exact) mass is 123 g/mol. The van der Waals surface area contributed by atoms with Crippen molar-refractivity contribution in [1.29, 1.82) is 0 Å². The Morgan fingerprint density at radius 3 is 2.00 bits per heavy atom. The third kappa shape index (κ3) is 2.04. The first-order valence-electron chi connectivity index (χ1n) is 2.52. The summed E-state index contributed by atoms with van der Waals surface area (Å²) in [6, 6.07) is 0. The van der Waals surface area contributed by atoms with Gasteiger partial charge in [0.2, 0.25) is 0 Å². The molecule has 0 aliphatic carbocycles. The molecule has 0 aliphatic heterocycles. The van der Waals surface area contributed by atoms with Crippen LogP contribution in [0.1, 0.15) is 0 Å². The van der Waals surface area contributed by atoms with Crippen molar-refractivity contribution in [2.75, 3.05) is 0 Å². The van der Waals surface area contributed by atoms with E-state index >= 15 is 0 Å². The van der Waals surface area contributed by atoms with Crippen molar-refractivity contribution in [1.82, 2.24) is 0 Å². The van der Waals surface area contributed by atoms with Gasteiger partial charge in [0.15, 0.2) is 0 Å². The fraction of sp³-hybridized carbons (Fsp3) is 0.143. The molecule has 0 radical (unpaired) electrons. The molecule has 0 saturated carbocycles. The first-order valence-corrected chi connectivity index (χ1v) is 2.52. The minimum absolute atomic E-state index is 0.306. The normalized spacial score (nSPS) is 8.56. The molecule has 0 N–H and O–H groups in total. The van der Waals surface area contributed by atoms with Gasteiger partial charge in [-0.2, -0.15) is 0 Å². The summed E-state index contributed by atoms with van der Waals surface area (Å²) in [5, 5.41) is 0. The van der Waals surface area contributed by atoms with Gasteiger partial charge in [-0.15, -0.1) is 13.2 Å². The van der Waals surface area contributed by atoms with Gasteiger partial charge in [-0.3, -0.25) is 4.79 Å². The molecular formula is C7H9NO. The van der Waals surface area contributed by atoms with Crippen LogP contribution >= 0.6 is 0 Å². The molecule has 0 spiro atoms. The Balaban J connectivity index is 4.09. The number of amides is 1. The van der Waals surface area contributed by atoms with Crippen molar-refractivity contribution >= 4 is 12.6 Å². The van der Waals surface area contributed by atoms with Crippen LogP contribution in [0.15, 0.2) is 30.3 Å². The van der Waals surface area contributed by atoms with Gasteiger partial charge in [0.1, 0.15) is 0 Å². The molecule has 0 rings (SSSR count). The van der Waals surface area contributed by atoms with Crippen LogP contribution in [0.5, 0.6) is 0 Å². The summed E-state index contributed by atoms with van der Waals surface area (Å²) >= 11 is 0. The van der Waals surface area contributed by atoms with Crippen molar-refractivity contribution in [2.24, 2.45) is 10.9 Å². The molecular weight excluding hydrogens is 114 g/mol. The van der Waals surface area contributed by atoms with Crippen LogP contribution in [0.2, 0.25) is 0 Å². The molecule has 0 bridgehead atoms. The number of carbonyl (C=O) groups excluding carboxylic acids is 1. The lowest BCUT2D eigenvalue weighted by atomic mass is 10.1. The quantitative estimate of drug-likeness (QED) is 0.409. The lowest BCUT2D eigenvalue weighted by Gasteiger charge is -1.96. The second-order valence-electron chi connectivity index (χ2n) is 1.49. The van der Waals surface area contributed by atoms with Gasteiger partial charge >= 0.3 is 0 Å². The molecule has 0 aromatic carbocycles. The summed E-state index contributed by atoms with van der Waals surface area (Å²) < 4.78 is 0. The molecule has 0 atom stereocenters. The smallest absolute Gasteiger partial charge is 0.255 e. The topological polar surface area (TPSA) is 29.4 Å². The Morgan fingerprint density at radius 1 is 1.44 bits per heavy atom. The number of nitrogens with zero attached hydrogens (tertiary/aromatic N) is 1. The van der Waals surface area contributed by atoms with Gasteiger partial charge < -0.3 is 0 Å². The summed E-state index contributed by atoms with van der Waals surface area (Å²) in [6.07, 6.45) is 2.95. The van der Waals surface area contributed by atoms with E-state index < -0.39 is 0 Å². The van der Waals surface area contributed by atoms with Crippen molar-refractivity contribution in [2.45, 2.75) is 0 Å². The van der Waals surface area contributed by atoms with Crippen molar-refractivity contribution < 1.29 is 4.79 Å². The molecule has 0 aliphatic rings. The van der Waals surface area contributed by atoms with E-state index in [-0.39, 0.29) is 11.8 Å². The average molecular weight is 123 g/mol. The fourth-order valence-corrected chi connectivity index (χ4v) is 0.403. The van der Waals surface area contributed by atoms with Crippen LogP contribution in [-0.4, -0.2) is 12.6 Å². The van der Waals surface area contributed by atoms with E-state index in [2.05, 4.69) is 24.9 Å². The maximum absolute atomic E-state index is 10.6. The van der Waals surface area contributed by atoms with E-state index in [0.29, 0.717) is 0 Å². The fourth-order valence-electron chi connectivity index (χ4n) is 0.403. The summed E-state index contributed by atoms with van der Waals surface area (Å²) in [4.78, 5) is 13.8. The van der Waals surface area contributed by atoms with Crippen LogP contribution in [0.25, 0.3) is 0 Å². The number of hydrogen-bond donors (Lipinski definition) is 0. The second kappa shape index (κ2) is 3.78. The van der Waals surface area contributed by atoms with Crippen LogP contribution < -0.4 is 0 Å². The van der Waals surface area contributed by atoms with E-state index in [1.54, 1.807) is 0 Å². The number of hydrogen-bond acceptors (Lipinski definition) is 1. The summed E-state index contributed by atoms with van der Waals surface area (Å²) in [5.41, 5.74) is 0. The average Bonchev–Trinajstić information content (AvgIpc) is 1.90. The molecule has 0 aromatic rings. The second-order valence-corrected chi connectivity index (χ2v) is 1.49. The van der Waals surface area contributed by atoms with Crippen molar-refractivity contribution in [3.63, 3.8) is 0 Å². The van der Waals surface area contributed by atoms with Gasteiger partial charge in [-0.25, -0.2) is 4.99 Å². The van der Waals surface area contributed by atoms with E-state index in [1.165, 1.54) is 12.2 Å². The van der Waals surface area contributed by atoms with Gasteiger partial charge in [-0.05, 0) is 6.72 Å². The number of aliphatic imine (C=N–C) groups is 1. The standard InChI is InChI=1S/C7H9NO/c1-4-6(5-2)7(9)8-3/h4-6H,1-3H2. The van der Waals surface area contributed by atoms with Crippen LogP contribution in [0.3, 0.4) is 0 Å². The predicted molar refractivity (Wildman–Crippen MR) is 38.4 cm³/mol. The maximum atomic E-state index is 10.6. The van der Waals surface area contributed by atoms with E-state index in [1.807, 2.05) is 0 Å². The lowest BCUT2D eigenvalue weighted by molar-refractivity contribution is -0.118. The molecule has 0 unspecified atom stereocenters. The minimum atomic E-state index is -0.373. The molecule has 48 valence electrons. The lowest BCUT2D eigenvalue weighted by Crippen LogP contribution is -2.04. The Labute approximate surface area is 54.6 Å². The largest absolute Gasteiger partial charge is 0.272 e. The highest BCUT2D eigenvalue weighted by molar-refractivity contribution is 5.85. The SMILES string of the molecule is C=CC(C=C)C(=O)N=C. The Morgan fingerprint density at radius 2 is 1.89 bits per heavy atom. The third-order valence-corrected chi connectivity index (χ3v) is 0.949. The molecule has 0 fully saturated rings. The highest BCUT2D eigenvalue weighted by Gasteiger charge is 2.05. The van der Waals surface area contributed by atoms with Crippen LogP contribution in [0, 0.1) is 5.92 Å². The Bertz CT molecular complexity index is 141. The van der Waals surface area contributed by atoms with E-state index in [0.717, 1.165) is 0 Å². The molecule has 9 heavy (non-hydrogen) atoms. The molecule has 0 aromatic heterocycles. The third-order valence-electron chi connectivity index (χ3n) is 0.949. The zero-order chi connectivity index (χ0) is 7.28. The summed E-state index contributed by atoms with van der Waals surface area (Å²) in [5.74, 6) is -0.678. The maximum Gasteiger partial charge on any atom is 0.255 e. The first kappa shape index (κ1) is 7.82. The molecule has 2 nitrogen and oxygen atoms in total. The highest BCUT2D eigenvalue weighted by atomic mass is 16.1. The summed E-state index contributed by atoms with van der Waals surface area (Å²) in [7, 11) is 0. The van der Waals surface area contributed by atoms with E-state index in [4.69, 9.17) is 0 Å². The number of carbonyl (C=O) groups is 1. The highest BCUT2D eigenvalue weighted by Crippen LogP contribution is 1.99. The zero-order valence-electron chi connectivity index (χ0n) is 5.21. The van der Waals surface area contributed by atoms with Gasteiger partial charge in [0.25, 0.3) is 5.91 Å². The Kier molecular flexibility index (Phi) is 3.28. The minimum Gasteiger partial charge on any atom is -0.272 e. The molecule has 2 heteroatoms. The Hall–Kier alpha value is -1.18. The molecule has 0 heterocycles. The first-order chi connectivity index (χ1) is 4.26. The zero-order valence-corrected chi connectivity index (χ0v) is 5.21. The molecule has 0 saturated heterocycles. The van der Waals surface area contributed by atoms with E-state index in [9.17, 15) is 4.79 Å².